The van der Waals surface area contributed by atoms with Crippen LogP contribution in [-0.2, 0) is 6.42 Å². The van der Waals surface area contributed by atoms with E-state index in [-0.39, 0.29) is 0 Å². The highest BCUT2D eigenvalue weighted by molar-refractivity contribution is 5.09. The lowest BCUT2D eigenvalue weighted by atomic mass is 9.78. The minimum absolute atomic E-state index is 0.737. The normalized spacial score (nSPS) is 24.4. The first-order valence-corrected chi connectivity index (χ1v) is 7.39. The number of rotatable bonds is 5. The van der Waals surface area contributed by atoms with Gasteiger partial charge in [0.05, 0.1) is 0 Å². The maximum atomic E-state index is 4.06. The van der Waals surface area contributed by atoms with Crippen LogP contribution in [0.5, 0.6) is 0 Å². The first-order chi connectivity index (χ1) is 8.77. The van der Waals surface area contributed by atoms with E-state index in [1.54, 1.807) is 0 Å². The molecule has 2 atom stereocenters. The van der Waals surface area contributed by atoms with E-state index >= 15 is 0 Å². The van der Waals surface area contributed by atoms with E-state index in [1.165, 1.54) is 31.2 Å². The van der Waals surface area contributed by atoms with Gasteiger partial charge in [0.15, 0.2) is 0 Å². The van der Waals surface area contributed by atoms with E-state index in [1.807, 2.05) is 12.4 Å². The van der Waals surface area contributed by atoms with Crippen molar-refractivity contribution in [1.82, 2.24) is 10.3 Å². The molecule has 0 spiro atoms. The third kappa shape index (κ3) is 3.81. The summed E-state index contributed by atoms with van der Waals surface area (Å²) in [5, 5.41) is 3.78. The van der Waals surface area contributed by atoms with E-state index in [0.717, 1.165) is 30.8 Å². The molecule has 1 heterocycles. The summed E-state index contributed by atoms with van der Waals surface area (Å²) in [6.45, 7) is 5.83. The maximum Gasteiger partial charge on any atom is 0.0270 e. The number of nitrogens with zero attached hydrogens (tertiary/aromatic N) is 1. The fraction of sp³-hybridized carbons (Fsp3) is 0.688. The quantitative estimate of drug-likeness (QED) is 0.861. The zero-order valence-electron chi connectivity index (χ0n) is 11.7. The Morgan fingerprint density at radius 1 is 1.22 bits per heavy atom. The lowest BCUT2D eigenvalue weighted by Gasteiger charge is -2.35. The second-order valence-corrected chi connectivity index (χ2v) is 5.86. The van der Waals surface area contributed by atoms with Gasteiger partial charge in [-0.1, -0.05) is 26.7 Å². The highest BCUT2D eigenvalue weighted by Gasteiger charge is 2.26. The molecule has 2 unspecified atom stereocenters. The van der Waals surface area contributed by atoms with Crippen LogP contribution in [0.4, 0.5) is 0 Å². The number of nitrogens with one attached hydrogen (secondary N) is 1. The van der Waals surface area contributed by atoms with E-state index in [0.29, 0.717) is 0 Å². The molecule has 100 valence electrons. The average molecular weight is 246 g/mol. The van der Waals surface area contributed by atoms with Gasteiger partial charge in [-0.3, -0.25) is 4.98 Å². The highest BCUT2D eigenvalue weighted by Crippen LogP contribution is 2.30. The van der Waals surface area contributed by atoms with E-state index in [9.17, 15) is 0 Å². The number of pyridine rings is 1. The zero-order valence-corrected chi connectivity index (χ0v) is 11.7. The predicted octanol–water partition coefficient (Wildman–Crippen LogP) is 3.43. The van der Waals surface area contributed by atoms with Gasteiger partial charge in [0, 0.05) is 18.4 Å². The van der Waals surface area contributed by atoms with Crippen LogP contribution in [0, 0.1) is 11.8 Å². The van der Waals surface area contributed by atoms with Crippen molar-refractivity contribution in [3.05, 3.63) is 30.1 Å². The summed E-state index contributed by atoms with van der Waals surface area (Å²) < 4.78 is 0. The van der Waals surface area contributed by atoms with Gasteiger partial charge in [0.25, 0.3) is 0 Å². The maximum absolute atomic E-state index is 4.06. The number of hydrogen-bond acceptors (Lipinski definition) is 2. The molecule has 0 amide bonds. The van der Waals surface area contributed by atoms with Crippen molar-refractivity contribution in [3.8, 4) is 0 Å². The molecule has 2 heteroatoms. The summed E-state index contributed by atoms with van der Waals surface area (Å²) >= 11 is 0. The van der Waals surface area contributed by atoms with Gasteiger partial charge in [0.1, 0.15) is 0 Å². The van der Waals surface area contributed by atoms with Crippen LogP contribution in [0.1, 0.15) is 45.1 Å². The van der Waals surface area contributed by atoms with Gasteiger partial charge in [-0.05, 0) is 55.3 Å². The van der Waals surface area contributed by atoms with Crippen molar-refractivity contribution in [2.24, 2.45) is 11.8 Å². The molecule has 0 aromatic carbocycles. The van der Waals surface area contributed by atoms with Crippen LogP contribution in [0.2, 0.25) is 0 Å². The molecule has 1 aromatic heterocycles. The number of aromatic nitrogens is 1. The lowest BCUT2D eigenvalue weighted by molar-refractivity contribution is 0.207. The molecule has 1 aliphatic carbocycles. The summed E-state index contributed by atoms with van der Waals surface area (Å²) in [6.07, 6.45) is 10.5. The fourth-order valence-corrected chi connectivity index (χ4v) is 3.16. The molecule has 1 saturated carbocycles. The average Bonchev–Trinajstić information content (AvgIpc) is 2.40. The van der Waals surface area contributed by atoms with Crippen LogP contribution < -0.4 is 5.32 Å². The van der Waals surface area contributed by atoms with Crippen molar-refractivity contribution < 1.29 is 0 Å². The highest BCUT2D eigenvalue weighted by atomic mass is 14.9. The molecule has 2 nitrogen and oxygen atoms in total. The van der Waals surface area contributed by atoms with Crippen molar-refractivity contribution in [1.29, 1.82) is 0 Å². The SMILES string of the molecule is CC(C)C1CCCCC1NCCc1ccncc1. The Labute approximate surface area is 111 Å². The first-order valence-electron chi connectivity index (χ1n) is 7.39. The minimum Gasteiger partial charge on any atom is -0.313 e. The van der Waals surface area contributed by atoms with Gasteiger partial charge < -0.3 is 5.32 Å². The van der Waals surface area contributed by atoms with Crippen molar-refractivity contribution in [2.45, 2.75) is 52.0 Å². The molecule has 1 N–H and O–H groups in total. The third-order valence-electron chi connectivity index (χ3n) is 4.25. The Balaban J connectivity index is 1.78. The van der Waals surface area contributed by atoms with Gasteiger partial charge >= 0.3 is 0 Å². The third-order valence-corrected chi connectivity index (χ3v) is 4.25. The van der Waals surface area contributed by atoms with E-state index in [4.69, 9.17) is 0 Å². The van der Waals surface area contributed by atoms with Crippen LogP contribution in [0.25, 0.3) is 0 Å². The Morgan fingerprint density at radius 2 is 1.94 bits per heavy atom. The van der Waals surface area contributed by atoms with Gasteiger partial charge in [-0.25, -0.2) is 0 Å². The molecule has 18 heavy (non-hydrogen) atoms. The Hall–Kier alpha value is -0.890. The molecular formula is C16H26N2. The van der Waals surface area contributed by atoms with Crippen molar-refractivity contribution in [2.75, 3.05) is 6.54 Å². The van der Waals surface area contributed by atoms with E-state index in [2.05, 4.69) is 36.3 Å². The summed E-state index contributed by atoms with van der Waals surface area (Å²) in [4.78, 5) is 4.06. The summed E-state index contributed by atoms with van der Waals surface area (Å²) in [6, 6.07) is 4.96. The molecule has 0 radical (unpaired) electrons. The molecule has 1 aromatic rings. The smallest absolute Gasteiger partial charge is 0.0270 e. The molecule has 0 aliphatic heterocycles. The lowest BCUT2D eigenvalue weighted by Crippen LogP contribution is -2.41. The molecule has 0 bridgehead atoms. The van der Waals surface area contributed by atoms with Gasteiger partial charge in [-0.2, -0.15) is 0 Å². The summed E-state index contributed by atoms with van der Waals surface area (Å²) in [7, 11) is 0. The zero-order chi connectivity index (χ0) is 12.8. The molecule has 1 aliphatic rings. The summed E-state index contributed by atoms with van der Waals surface area (Å²) in [5.41, 5.74) is 1.38. The molecule has 1 fully saturated rings. The molecule has 2 rings (SSSR count). The van der Waals surface area contributed by atoms with Gasteiger partial charge in [-0.15, -0.1) is 0 Å². The van der Waals surface area contributed by atoms with Gasteiger partial charge in [0.2, 0.25) is 0 Å². The fourth-order valence-electron chi connectivity index (χ4n) is 3.16. The Bertz CT molecular complexity index is 334. The van der Waals surface area contributed by atoms with E-state index < -0.39 is 0 Å². The molecule has 0 saturated heterocycles. The Morgan fingerprint density at radius 3 is 2.67 bits per heavy atom. The minimum atomic E-state index is 0.737. The predicted molar refractivity (Wildman–Crippen MR) is 76.5 cm³/mol. The Kier molecular flexibility index (Phi) is 5.18. The summed E-state index contributed by atoms with van der Waals surface area (Å²) in [5.74, 6) is 1.68. The second-order valence-electron chi connectivity index (χ2n) is 5.86. The van der Waals surface area contributed by atoms with Crippen molar-refractivity contribution in [3.63, 3.8) is 0 Å². The van der Waals surface area contributed by atoms with Crippen LogP contribution in [0.3, 0.4) is 0 Å². The molecular weight excluding hydrogens is 220 g/mol. The topological polar surface area (TPSA) is 24.9 Å². The monoisotopic (exact) mass is 246 g/mol. The van der Waals surface area contributed by atoms with Crippen molar-refractivity contribution >= 4 is 0 Å². The number of hydrogen-bond donors (Lipinski definition) is 1. The van der Waals surface area contributed by atoms with Crippen LogP contribution in [0.15, 0.2) is 24.5 Å². The first kappa shape index (κ1) is 13.5. The largest absolute Gasteiger partial charge is 0.313 e. The standard InChI is InChI=1S/C16H26N2/c1-13(2)15-5-3-4-6-16(15)18-12-9-14-7-10-17-11-8-14/h7-8,10-11,13,15-16,18H,3-6,9,12H2,1-2H3. The van der Waals surface area contributed by atoms with Crippen LogP contribution in [-0.4, -0.2) is 17.6 Å². The van der Waals surface area contributed by atoms with Crippen LogP contribution >= 0.6 is 0 Å². The second kappa shape index (κ2) is 6.89.